The van der Waals surface area contributed by atoms with Crippen LogP contribution in [-0.4, -0.2) is 11.7 Å². The Morgan fingerprint density at radius 1 is 0.382 bits per heavy atom. The number of oxazole rings is 1. The highest BCUT2D eigenvalue weighted by Gasteiger charge is 2.50. The smallest absolute Gasteiger partial charge is 0.307 e. The van der Waals surface area contributed by atoms with Gasteiger partial charge in [0.1, 0.15) is 0 Å². The van der Waals surface area contributed by atoms with Gasteiger partial charge in [-0.25, -0.2) is 4.98 Å². The summed E-state index contributed by atoms with van der Waals surface area (Å²) in [6, 6.07) is 85.2. The van der Waals surface area contributed by atoms with Gasteiger partial charge in [-0.2, -0.15) is 0 Å². The number of benzene rings is 9. The van der Waals surface area contributed by atoms with Crippen LogP contribution in [-0.2, 0) is 21.7 Å². The van der Waals surface area contributed by atoms with Crippen molar-refractivity contribution >= 4 is 74.9 Å². The molecular weight excluding hydrogens is 924 g/mol. The zero-order valence-electron chi connectivity index (χ0n) is 45.2. The summed E-state index contributed by atoms with van der Waals surface area (Å²) in [6.45, 7) is 20.3. The van der Waals surface area contributed by atoms with E-state index >= 15 is 0 Å². The number of hydrogen-bond donors (Lipinski definition) is 0. The first-order chi connectivity index (χ1) is 36.6. The minimum Gasteiger partial charge on any atom is -0.407 e. The van der Waals surface area contributed by atoms with Crippen molar-refractivity contribution in [2.45, 2.75) is 84.0 Å². The quantitative estimate of drug-likeness (QED) is 0.106. The summed E-state index contributed by atoms with van der Waals surface area (Å²) >= 11 is 0. The van der Waals surface area contributed by atoms with Crippen LogP contribution < -0.4 is 31.2 Å². The zero-order valence-corrected chi connectivity index (χ0v) is 45.2. The Balaban J connectivity index is 1.25. The van der Waals surface area contributed by atoms with Gasteiger partial charge < -0.3 is 9.32 Å². The fourth-order valence-electron chi connectivity index (χ4n) is 11.7. The lowest BCUT2D eigenvalue weighted by atomic mass is 9.35. The molecule has 10 aromatic rings. The highest BCUT2D eigenvalue weighted by Crippen LogP contribution is 2.52. The van der Waals surface area contributed by atoms with Crippen LogP contribution in [0.2, 0.25) is 0 Å². The molecule has 12 rings (SSSR count). The standard InChI is InChI=1S/C70H65BN4O/c1-67(2,3)48-35-40-57(41-36-48)74-60-44-39-53(69(7,8)9)45-59(60)71-63-61(74)46-54(70(50-25-15-10-16-26-50,51-27-17-11-18-28-51)52-29-19-12-20-30-52)47-62(63)75(58-42-37-49(38-43-58)68(4,5)6)65-64(71)72-66(76-65)73(55-31-21-13-22-32-55)56-33-23-14-24-34-56/h10-47H,1-9H3. The van der Waals surface area contributed by atoms with E-state index in [-0.39, 0.29) is 23.0 Å². The van der Waals surface area contributed by atoms with Crippen LogP contribution in [0.5, 0.6) is 0 Å². The largest absolute Gasteiger partial charge is 0.407 e. The molecule has 2 aliphatic rings. The molecular formula is C70H65BN4O. The van der Waals surface area contributed by atoms with Crippen LogP contribution in [0.1, 0.15) is 101 Å². The molecule has 0 spiro atoms. The topological polar surface area (TPSA) is 35.8 Å². The Labute approximate surface area is 450 Å². The number of hydrogen-bond acceptors (Lipinski definition) is 5. The van der Waals surface area contributed by atoms with E-state index < -0.39 is 5.41 Å². The molecule has 2 aliphatic heterocycles. The molecule has 1 aromatic heterocycles. The Hall–Kier alpha value is -8.35. The Morgan fingerprint density at radius 3 is 1.21 bits per heavy atom. The predicted molar refractivity (Wildman–Crippen MR) is 320 cm³/mol. The summed E-state index contributed by atoms with van der Waals surface area (Å²) in [5, 5.41) is 0. The van der Waals surface area contributed by atoms with Crippen LogP contribution >= 0.6 is 0 Å². The third-order valence-electron chi connectivity index (χ3n) is 15.7. The first-order valence-corrected chi connectivity index (χ1v) is 26.8. The summed E-state index contributed by atoms with van der Waals surface area (Å²) in [6.07, 6.45) is 0. The van der Waals surface area contributed by atoms with Crippen LogP contribution in [0.15, 0.2) is 235 Å². The molecule has 0 N–H and O–H groups in total. The first kappa shape index (κ1) is 48.6. The first-order valence-electron chi connectivity index (χ1n) is 26.8. The average Bonchev–Trinajstić information content (AvgIpc) is 3.96. The van der Waals surface area contributed by atoms with Crippen molar-refractivity contribution in [1.82, 2.24) is 4.98 Å². The molecule has 5 nitrogen and oxygen atoms in total. The zero-order chi connectivity index (χ0) is 52.6. The molecule has 0 aliphatic carbocycles. The van der Waals surface area contributed by atoms with Gasteiger partial charge in [0.05, 0.1) is 22.4 Å². The molecule has 0 atom stereocenters. The fourth-order valence-corrected chi connectivity index (χ4v) is 11.7. The van der Waals surface area contributed by atoms with E-state index in [2.05, 4.69) is 308 Å². The lowest BCUT2D eigenvalue weighted by Gasteiger charge is -2.44. The van der Waals surface area contributed by atoms with Crippen molar-refractivity contribution in [2.75, 3.05) is 14.7 Å². The van der Waals surface area contributed by atoms with Gasteiger partial charge in [-0.1, -0.05) is 226 Å². The van der Waals surface area contributed by atoms with E-state index in [1.807, 2.05) is 0 Å². The molecule has 0 bridgehead atoms. The predicted octanol–water partition coefficient (Wildman–Crippen LogP) is 16.5. The maximum absolute atomic E-state index is 7.57. The van der Waals surface area contributed by atoms with Crippen molar-refractivity contribution in [3.05, 3.63) is 269 Å². The molecule has 0 amide bonds. The van der Waals surface area contributed by atoms with Gasteiger partial charge in [0.25, 0.3) is 6.71 Å². The summed E-state index contributed by atoms with van der Waals surface area (Å²) in [7, 11) is 0. The van der Waals surface area contributed by atoms with Gasteiger partial charge in [-0.15, -0.1) is 0 Å². The molecule has 374 valence electrons. The number of nitrogens with zero attached hydrogens (tertiary/aromatic N) is 4. The molecule has 0 saturated carbocycles. The number of rotatable bonds is 9. The van der Waals surface area contributed by atoms with Gasteiger partial charge in [-0.05, 0) is 133 Å². The Bertz CT molecular complexity index is 3550. The van der Waals surface area contributed by atoms with Crippen molar-refractivity contribution in [3.63, 3.8) is 0 Å². The third-order valence-corrected chi connectivity index (χ3v) is 15.7. The van der Waals surface area contributed by atoms with Crippen LogP contribution in [0, 0.1) is 0 Å². The Kier molecular flexibility index (Phi) is 11.8. The van der Waals surface area contributed by atoms with Gasteiger partial charge in [-0.3, -0.25) is 9.80 Å². The number of anilines is 9. The highest BCUT2D eigenvalue weighted by atomic mass is 16.4. The van der Waals surface area contributed by atoms with E-state index in [0.717, 1.165) is 51.0 Å². The molecule has 0 unspecified atom stereocenters. The summed E-state index contributed by atoms with van der Waals surface area (Å²) in [4.78, 5) is 12.9. The van der Waals surface area contributed by atoms with E-state index in [9.17, 15) is 0 Å². The molecule has 0 saturated heterocycles. The van der Waals surface area contributed by atoms with E-state index in [1.54, 1.807) is 0 Å². The van der Waals surface area contributed by atoms with Gasteiger partial charge in [0.2, 0.25) is 5.88 Å². The van der Waals surface area contributed by atoms with Crippen LogP contribution in [0.25, 0.3) is 0 Å². The highest BCUT2D eigenvalue weighted by molar-refractivity contribution is 6.99. The van der Waals surface area contributed by atoms with Crippen molar-refractivity contribution in [3.8, 4) is 0 Å². The maximum Gasteiger partial charge on any atom is 0.307 e. The summed E-state index contributed by atoms with van der Waals surface area (Å²) in [5.74, 6) is 0.691. The molecule has 9 aromatic carbocycles. The van der Waals surface area contributed by atoms with Crippen molar-refractivity contribution in [2.24, 2.45) is 0 Å². The molecule has 3 heterocycles. The fraction of sp³-hybridized carbons (Fsp3) is 0.186. The second-order valence-electron chi connectivity index (χ2n) is 23.7. The normalized spacial score (nSPS) is 13.2. The lowest BCUT2D eigenvalue weighted by Crippen LogP contribution is -2.62. The second kappa shape index (κ2) is 18.5. The monoisotopic (exact) mass is 989 g/mol. The van der Waals surface area contributed by atoms with Crippen LogP contribution in [0.4, 0.5) is 51.7 Å². The minimum atomic E-state index is -0.769. The van der Waals surface area contributed by atoms with E-state index in [4.69, 9.17) is 9.40 Å². The average molecular weight is 989 g/mol. The summed E-state index contributed by atoms with van der Waals surface area (Å²) in [5.41, 5.74) is 17.9. The number of aromatic nitrogens is 1. The molecule has 0 radical (unpaired) electrons. The SMILES string of the molecule is CC(C)(C)c1ccc(N2c3ccc(C(C)(C)C)cc3B3c4nc(N(c5ccccc5)c5ccccc5)oc4N(c4ccc(C(C)(C)C)cc4)c4cc(C(c5ccccc5)(c5ccccc5)c5ccccc5)cc2c43)cc1. The Morgan fingerprint density at radius 2 is 0.776 bits per heavy atom. The van der Waals surface area contributed by atoms with Gasteiger partial charge in [0, 0.05) is 28.4 Å². The number of fused-ring (bicyclic) bond motifs is 4. The van der Waals surface area contributed by atoms with E-state index in [1.165, 1.54) is 44.3 Å². The van der Waals surface area contributed by atoms with Gasteiger partial charge >= 0.3 is 6.01 Å². The third kappa shape index (κ3) is 8.23. The lowest BCUT2D eigenvalue weighted by molar-refractivity contribution is 0.572. The molecule has 76 heavy (non-hydrogen) atoms. The number of para-hydroxylation sites is 2. The van der Waals surface area contributed by atoms with Crippen LogP contribution in [0.3, 0.4) is 0 Å². The molecule has 6 heteroatoms. The van der Waals surface area contributed by atoms with E-state index in [0.29, 0.717) is 11.9 Å². The maximum atomic E-state index is 7.57. The minimum absolute atomic E-state index is 0.0255. The van der Waals surface area contributed by atoms with Crippen molar-refractivity contribution in [1.29, 1.82) is 0 Å². The molecule has 0 fully saturated rings. The van der Waals surface area contributed by atoms with Gasteiger partial charge in [0.15, 0.2) is 0 Å². The summed E-state index contributed by atoms with van der Waals surface area (Å²) < 4.78 is 7.57. The second-order valence-corrected chi connectivity index (χ2v) is 23.7. The van der Waals surface area contributed by atoms with Crippen molar-refractivity contribution < 1.29 is 4.42 Å².